The minimum Gasteiger partial charge on any atom is -0.390 e. The van der Waals surface area contributed by atoms with Crippen LogP contribution in [-0.2, 0) is 9.47 Å². The molecule has 1 aliphatic heterocycles. The van der Waals surface area contributed by atoms with Crippen molar-refractivity contribution in [1.82, 2.24) is 0 Å². The average Bonchev–Trinajstić information content (AvgIpc) is 2.18. The maximum atomic E-state index is 9.12. The summed E-state index contributed by atoms with van der Waals surface area (Å²) in [6.45, 7) is 1.16. The van der Waals surface area contributed by atoms with Crippen molar-refractivity contribution in [3.05, 3.63) is 0 Å². The van der Waals surface area contributed by atoms with E-state index in [1.165, 1.54) is 0 Å². The Labute approximate surface area is 54.6 Å². The van der Waals surface area contributed by atoms with Crippen LogP contribution in [0.15, 0.2) is 0 Å². The van der Waals surface area contributed by atoms with E-state index in [9.17, 15) is 0 Å². The molecule has 1 heterocycles. The van der Waals surface area contributed by atoms with Crippen LogP contribution in [0.25, 0.3) is 0 Å². The molecule has 0 aliphatic carbocycles. The molecule has 0 aromatic rings. The summed E-state index contributed by atoms with van der Waals surface area (Å²) in [5.41, 5.74) is 0. The molecule has 2 atom stereocenters. The van der Waals surface area contributed by atoms with Gasteiger partial charge in [0.2, 0.25) is 0 Å². The molecule has 0 radical (unpaired) electrons. The first-order chi connectivity index (χ1) is 4.34. The normalized spacial score (nSPS) is 35.3. The van der Waals surface area contributed by atoms with Crippen LogP contribution in [0.1, 0.15) is 6.42 Å². The van der Waals surface area contributed by atoms with Crippen molar-refractivity contribution >= 4 is 0 Å². The SMILES string of the molecule is COCC1OCCC1O. The van der Waals surface area contributed by atoms with Crippen molar-refractivity contribution < 1.29 is 14.6 Å². The van der Waals surface area contributed by atoms with Crippen molar-refractivity contribution in [1.29, 1.82) is 0 Å². The monoisotopic (exact) mass is 132 g/mol. The topological polar surface area (TPSA) is 38.7 Å². The Morgan fingerprint density at radius 2 is 2.56 bits per heavy atom. The summed E-state index contributed by atoms with van der Waals surface area (Å²) >= 11 is 0. The molecule has 0 saturated carbocycles. The van der Waals surface area contributed by atoms with Gasteiger partial charge < -0.3 is 14.6 Å². The molecule has 1 saturated heterocycles. The van der Waals surface area contributed by atoms with E-state index < -0.39 is 0 Å². The lowest BCUT2D eigenvalue weighted by atomic mass is 10.2. The predicted molar refractivity (Wildman–Crippen MR) is 32.2 cm³/mol. The lowest BCUT2D eigenvalue weighted by Gasteiger charge is -2.10. The largest absolute Gasteiger partial charge is 0.390 e. The van der Waals surface area contributed by atoms with Gasteiger partial charge in [-0.2, -0.15) is 0 Å². The van der Waals surface area contributed by atoms with Crippen molar-refractivity contribution in [2.45, 2.75) is 18.6 Å². The molecule has 1 fully saturated rings. The number of aliphatic hydroxyl groups excluding tert-OH is 1. The zero-order chi connectivity index (χ0) is 6.69. The highest BCUT2D eigenvalue weighted by molar-refractivity contribution is 4.73. The van der Waals surface area contributed by atoms with Crippen LogP contribution < -0.4 is 0 Å². The van der Waals surface area contributed by atoms with E-state index in [4.69, 9.17) is 14.6 Å². The highest BCUT2D eigenvalue weighted by atomic mass is 16.5. The summed E-state index contributed by atoms with van der Waals surface area (Å²) in [5.74, 6) is 0. The fraction of sp³-hybridized carbons (Fsp3) is 1.00. The third-order valence-electron chi connectivity index (χ3n) is 1.51. The summed E-state index contributed by atoms with van der Waals surface area (Å²) in [7, 11) is 1.61. The number of methoxy groups -OCH3 is 1. The summed E-state index contributed by atoms with van der Waals surface area (Å²) in [5, 5.41) is 9.12. The van der Waals surface area contributed by atoms with Gasteiger partial charge in [0.15, 0.2) is 0 Å². The summed E-state index contributed by atoms with van der Waals surface area (Å²) < 4.78 is 9.94. The van der Waals surface area contributed by atoms with Gasteiger partial charge in [0.05, 0.1) is 12.7 Å². The van der Waals surface area contributed by atoms with Gasteiger partial charge >= 0.3 is 0 Å². The average molecular weight is 132 g/mol. The van der Waals surface area contributed by atoms with Gasteiger partial charge in [-0.15, -0.1) is 0 Å². The Balaban J connectivity index is 2.22. The molecule has 3 nitrogen and oxygen atoms in total. The van der Waals surface area contributed by atoms with Gasteiger partial charge in [-0.25, -0.2) is 0 Å². The molecular formula is C6H12O3. The fourth-order valence-electron chi connectivity index (χ4n) is 0.961. The lowest BCUT2D eigenvalue weighted by Crippen LogP contribution is -2.25. The van der Waals surface area contributed by atoms with Crippen LogP contribution in [0, 0.1) is 0 Å². The molecule has 1 N–H and O–H groups in total. The van der Waals surface area contributed by atoms with Gasteiger partial charge in [-0.05, 0) is 6.42 Å². The van der Waals surface area contributed by atoms with Gasteiger partial charge in [0.1, 0.15) is 6.10 Å². The third-order valence-corrected chi connectivity index (χ3v) is 1.51. The van der Waals surface area contributed by atoms with Crippen molar-refractivity contribution in [2.75, 3.05) is 20.3 Å². The first kappa shape index (κ1) is 6.99. The number of hydrogen-bond acceptors (Lipinski definition) is 3. The molecule has 9 heavy (non-hydrogen) atoms. The van der Waals surface area contributed by atoms with Crippen LogP contribution in [-0.4, -0.2) is 37.6 Å². The number of ether oxygens (including phenoxy) is 2. The Hall–Kier alpha value is -0.120. The minimum atomic E-state index is -0.315. The molecule has 0 spiro atoms. The molecule has 2 unspecified atom stereocenters. The van der Waals surface area contributed by atoms with E-state index in [1.54, 1.807) is 7.11 Å². The quantitative estimate of drug-likeness (QED) is 0.564. The second-order valence-electron chi connectivity index (χ2n) is 2.22. The van der Waals surface area contributed by atoms with Gasteiger partial charge in [-0.3, -0.25) is 0 Å². The second kappa shape index (κ2) is 3.15. The van der Waals surface area contributed by atoms with E-state index >= 15 is 0 Å². The van der Waals surface area contributed by atoms with E-state index in [1.807, 2.05) is 0 Å². The molecule has 0 amide bonds. The molecule has 0 aromatic heterocycles. The third kappa shape index (κ3) is 1.64. The fourth-order valence-corrected chi connectivity index (χ4v) is 0.961. The van der Waals surface area contributed by atoms with Crippen LogP contribution in [0.2, 0.25) is 0 Å². The second-order valence-corrected chi connectivity index (χ2v) is 2.22. The molecule has 0 bridgehead atoms. The highest BCUT2D eigenvalue weighted by Gasteiger charge is 2.25. The molecule has 1 aliphatic rings. The van der Waals surface area contributed by atoms with E-state index in [0.29, 0.717) is 13.2 Å². The summed E-state index contributed by atoms with van der Waals surface area (Å²) in [6, 6.07) is 0. The minimum absolute atomic E-state index is 0.0880. The number of aliphatic hydroxyl groups is 1. The van der Waals surface area contributed by atoms with Crippen LogP contribution in [0.5, 0.6) is 0 Å². The first-order valence-corrected chi connectivity index (χ1v) is 3.13. The van der Waals surface area contributed by atoms with Crippen LogP contribution >= 0.6 is 0 Å². The Morgan fingerprint density at radius 3 is 3.00 bits per heavy atom. The standard InChI is InChI=1S/C6H12O3/c1-8-4-6-5(7)2-3-9-6/h5-7H,2-4H2,1H3. The van der Waals surface area contributed by atoms with Gasteiger partial charge in [0.25, 0.3) is 0 Å². The van der Waals surface area contributed by atoms with Gasteiger partial charge in [0, 0.05) is 13.7 Å². The first-order valence-electron chi connectivity index (χ1n) is 3.13. The molecule has 0 aromatic carbocycles. The molecule has 1 rings (SSSR count). The van der Waals surface area contributed by atoms with Crippen molar-refractivity contribution in [3.63, 3.8) is 0 Å². The lowest BCUT2D eigenvalue weighted by molar-refractivity contribution is -0.0101. The summed E-state index contributed by atoms with van der Waals surface area (Å²) in [4.78, 5) is 0. The smallest absolute Gasteiger partial charge is 0.107 e. The van der Waals surface area contributed by atoms with Crippen molar-refractivity contribution in [3.8, 4) is 0 Å². The van der Waals surface area contributed by atoms with Crippen LogP contribution in [0.4, 0.5) is 0 Å². The molecular weight excluding hydrogens is 120 g/mol. The molecule has 3 heteroatoms. The zero-order valence-corrected chi connectivity index (χ0v) is 5.54. The van der Waals surface area contributed by atoms with Gasteiger partial charge in [-0.1, -0.05) is 0 Å². The Morgan fingerprint density at radius 1 is 1.78 bits per heavy atom. The summed E-state index contributed by atoms with van der Waals surface area (Å²) in [6.07, 6.45) is 0.341. The maximum Gasteiger partial charge on any atom is 0.107 e. The van der Waals surface area contributed by atoms with Crippen LogP contribution in [0.3, 0.4) is 0 Å². The van der Waals surface area contributed by atoms with E-state index in [2.05, 4.69) is 0 Å². The predicted octanol–water partition coefficient (Wildman–Crippen LogP) is -0.217. The number of rotatable bonds is 2. The Kier molecular flexibility index (Phi) is 2.45. The molecule has 54 valence electrons. The van der Waals surface area contributed by atoms with E-state index in [0.717, 1.165) is 6.42 Å². The maximum absolute atomic E-state index is 9.12. The number of hydrogen-bond donors (Lipinski definition) is 1. The van der Waals surface area contributed by atoms with E-state index in [-0.39, 0.29) is 12.2 Å². The highest BCUT2D eigenvalue weighted by Crippen LogP contribution is 2.12. The van der Waals surface area contributed by atoms with Crippen molar-refractivity contribution in [2.24, 2.45) is 0 Å². The zero-order valence-electron chi connectivity index (χ0n) is 5.54. The Bertz CT molecular complexity index is 84.4.